The Labute approximate surface area is 131 Å². The van der Waals surface area contributed by atoms with Gasteiger partial charge in [-0.3, -0.25) is 4.98 Å². The molecule has 0 aromatic carbocycles. The Morgan fingerprint density at radius 2 is 2.10 bits per heavy atom. The van der Waals surface area contributed by atoms with Crippen LogP contribution in [0.1, 0.15) is 26.2 Å². The lowest BCUT2D eigenvalue weighted by Crippen LogP contribution is -2.38. The van der Waals surface area contributed by atoms with Crippen molar-refractivity contribution < 1.29 is 8.42 Å². The maximum atomic E-state index is 12.2. The molecule has 5 nitrogen and oxygen atoms in total. The molecule has 1 unspecified atom stereocenters. The maximum Gasteiger partial charge on any atom is 0.243 e. The molecular formula is C14H22ClN3O2S. The first-order chi connectivity index (χ1) is 9.99. The average Bonchev–Trinajstić information content (AvgIpc) is 2.47. The maximum absolute atomic E-state index is 12.2. The summed E-state index contributed by atoms with van der Waals surface area (Å²) >= 11 is 5.91. The van der Waals surface area contributed by atoms with Gasteiger partial charge in [0.25, 0.3) is 0 Å². The van der Waals surface area contributed by atoms with Crippen LogP contribution in [0, 0.1) is 5.92 Å². The number of sulfonamides is 1. The third kappa shape index (κ3) is 4.92. The van der Waals surface area contributed by atoms with Crippen LogP contribution in [0.25, 0.3) is 0 Å². The Morgan fingerprint density at radius 3 is 2.76 bits per heavy atom. The van der Waals surface area contributed by atoms with E-state index in [0.29, 0.717) is 6.54 Å². The zero-order chi connectivity index (χ0) is 15.3. The average molecular weight is 332 g/mol. The molecule has 1 aliphatic heterocycles. The van der Waals surface area contributed by atoms with Gasteiger partial charge in [0.05, 0.1) is 5.02 Å². The van der Waals surface area contributed by atoms with Gasteiger partial charge < -0.3 is 4.90 Å². The number of nitrogens with one attached hydrogen (secondary N) is 1. The molecule has 7 heteroatoms. The van der Waals surface area contributed by atoms with Gasteiger partial charge in [-0.1, -0.05) is 24.9 Å². The number of aromatic nitrogens is 1. The molecule has 1 saturated heterocycles. The van der Waals surface area contributed by atoms with Crippen LogP contribution in [0.4, 0.5) is 0 Å². The van der Waals surface area contributed by atoms with Gasteiger partial charge in [0.2, 0.25) is 10.0 Å². The van der Waals surface area contributed by atoms with Gasteiger partial charge in [0, 0.05) is 25.5 Å². The molecule has 21 heavy (non-hydrogen) atoms. The molecule has 0 aliphatic carbocycles. The summed E-state index contributed by atoms with van der Waals surface area (Å²) in [6.45, 7) is 5.62. The number of halogens is 1. The summed E-state index contributed by atoms with van der Waals surface area (Å²) < 4.78 is 27.0. The molecule has 1 fully saturated rings. The molecule has 1 atom stereocenters. The van der Waals surface area contributed by atoms with Crippen LogP contribution in [0.3, 0.4) is 0 Å². The standard InChI is InChI=1S/C14H22ClN3O2S/c1-12(11-18-7-3-2-4-8-18)9-17-21(19,20)14-10-16-6-5-13(14)15/h5-6,10,12,17H,2-4,7-9,11H2,1H3. The molecule has 0 saturated carbocycles. The largest absolute Gasteiger partial charge is 0.303 e. The van der Waals surface area contributed by atoms with Crippen LogP contribution < -0.4 is 4.72 Å². The minimum atomic E-state index is -3.59. The number of nitrogens with zero attached hydrogens (tertiary/aromatic N) is 2. The van der Waals surface area contributed by atoms with Crippen molar-refractivity contribution in [1.29, 1.82) is 0 Å². The van der Waals surface area contributed by atoms with Gasteiger partial charge in [0.15, 0.2) is 0 Å². The van der Waals surface area contributed by atoms with Crippen LogP contribution in [0.5, 0.6) is 0 Å². The first-order valence-corrected chi connectivity index (χ1v) is 9.16. The molecular weight excluding hydrogens is 310 g/mol. The molecule has 1 aromatic rings. The van der Waals surface area contributed by atoms with Gasteiger partial charge in [-0.05, 0) is 37.9 Å². The Balaban J connectivity index is 1.88. The van der Waals surface area contributed by atoms with E-state index in [9.17, 15) is 8.42 Å². The second-order valence-electron chi connectivity index (χ2n) is 5.62. The fraction of sp³-hybridized carbons (Fsp3) is 0.643. The summed E-state index contributed by atoms with van der Waals surface area (Å²) in [5.41, 5.74) is 0. The number of hydrogen-bond acceptors (Lipinski definition) is 4. The normalized spacial score (nSPS) is 18.6. The number of pyridine rings is 1. The molecule has 118 valence electrons. The fourth-order valence-corrected chi connectivity index (χ4v) is 4.13. The van der Waals surface area contributed by atoms with Crippen molar-refractivity contribution in [2.75, 3.05) is 26.2 Å². The van der Waals surface area contributed by atoms with Crippen molar-refractivity contribution >= 4 is 21.6 Å². The van der Waals surface area contributed by atoms with E-state index in [1.807, 2.05) is 0 Å². The van der Waals surface area contributed by atoms with E-state index in [4.69, 9.17) is 11.6 Å². The van der Waals surface area contributed by atoms with Crippen molar-refractivity contribution in [3.05, 3.63) is 23.5 Å². The second kappa shape index (κ2) is 7.54. The molecule has 2 rings (SSSR count). The molecule has 1 aromatic heterocycles. The summed E-state index contributed by atoms with van der Waals surface area (Å²) in [5, 5.41) is 0.196. The van der Waals surface area contributed by atoms with E-state index in [1.165, 1.54) is 37.7 Å². The highest BCUT2D eigenvalue weighted by Crippen LogP contribution is 2.19. The highest BCUT2D eigenvalue weighted by molar-refractivity contribution is 7.89. The number of hydrogen-bond donors (Lipinski definition) is 1. The van der Waals surface area contributed by atoms with Gasteiger partial charge in [0.1, 0.15) is 4.90 Å². The molecule has 0 amide bonds. The Morgan fingerprint density at radius 1 is 1.38 bits per heavy atom. The topological polar surface area (TPSA) is 62.3 Å². The van der Waals surface area contributed by atoms with Crippen LogP contribution in [0.15, 0.2) is 23.4 Å². The van der Waals surface area contributed by atoms with E-state index >= 15 is 0 Å². The first kappa shape index (κ1) is 16.7. The zero-order valence-electron chi connectivity index (χ0n) is 12.3. The quantitative estimate of drug-likeness (QED) is 0.867. The summed E-state index contributed by atoms with van der Waals surface area (Å²) in [5.74, 6) is 0.258. The van der Waals surface area contributed by atoms with Gasteiger partial charge in [-0.15, -0.1) is 0 Å². The predicted molar refractivity (Wildman–Crippen MR) is 83.9 cm³/mol. The minimum Gasteiger partial charge on any atom is -0.303 e. The minimum absolute atomic E-state index is 0.0387. The van der Waals surface area contributed by atoms with Crippen molar-refractivity contribution in [3.63, 3.8) is 0 Å². The lowest BCUT2D eigenvalue weighted by molar-refractivity contribution is 0.201. The van der Waals surface area contributed by atoms with Crippen LogP contribution in [-0.2, 0) is 10.0 Å². The van der Waals surface area contributed by atoms with E-state index in [0.717, 1.165) is 19.6 Å². The van der Waals surface area contributed by atoms with E-state index < -0.39 is 10.0 Å². The second-order valence-corrected chi connectivity index (χ2v) is 7.77. The summed E-state index contributed by atoms with van der Waals surface area (Å²) in [7, 11) is -3.59. The predicted octanol–water partition coefficient (Wildman–Crippen LogP) is 2.14. The monoisotopic (exact) mass is 331 g/mol. The number of rotatable bonds is 6. The summed E-state index contributed by atoms with van der Waals surface area (Å²) in [6, 6.07) is 1.48. The lowest BCUT2D eigenvalue weighted by Gasteiger charge is -2.29. The number of likely N-dealkylation sites (tertiary alicyclic amines) is 1. The lowest BCUT2D eigenvalue weighted by atomic mass is 10.1. The molecule has 1 N–H and O–H groups in total. The first-order valence-electron chi connectivity index (χ1n) is 7.30. The molecule has 0 bridgehead atoms. The number of piperidine rings is 1. The van der Waals surface area contributed by atoms with Gasteiger partial charge in [-0.2, -0.15) is 0 Å². The highest BCUT2D eigenvalue weighted by Gasteiger charge is 2.20. The third-order valence-electron chi connectivity index (χ3n) is 3.66. The van der Waals surface area contributed by atoms with Crippen molar-refractivity contribution in [1.82, 2.24) is 14.6 Å². The third-order valence-corrected chi connectivity index (χ3v) is 5.56. The molecule has 0 spiro atoms. The SMILES string of the molecule is CC(CNS(=O)(=O)c1cnccc1Cl)CN1CCCCC1. The van der Waals surface area contributed by atoms with Crippen LogP contribution >= 0.6 is 11.6 Å². The van der Waals surface area contributed by atoms with Crippen LogP contribution in [0.2, 0.25) is 5.02 Å². The van der Waals surface area contributed by atoms with E-state index in [2.05, 4.69) is 21.5 Å². The zero-order valence-corrected chi connectivity index (χ0v) is 13.8. The van der Waals surface area contributed by atoms with Crippen molar-refractivity contribution in [2.45, 2.75) is 31.1 Å². The molecule has 1 aliphatic rings. The van der Waals surface area contributed by atoms with Crippen molar-refractivity contribution in [3.8, 4) is 0 Å². The van der Waals surface area contributed by atoms with E-state index in [-0.39, 0.29) is 15.8 Å². The summed E-state index contributed by atoms with van der Waals surface area (Å²) in [4.78, 5) is 6.26. The smallest absolute Gasteiger partial charge is 0.243 e. The Hall–Kier alpha value is -0.690. The Kier molecular flexibility index (Phi) is 5.98. The van der Waals surface area contributed by atoms with Crippen molar-refractivity contribution in [2.24, 2.45) is 5.92 Å². The molecule has 2 heterocycles. The Bertz CT molecular complexity index is 559. The summed E-state index contributed by atoms with van der Waals surface area (Å²) in [6.07, 6.45) is 6.53. The van der Waals surface area contributed by atoms with Gasteiger partial charge in [-0.25, -0.2) is 13.1 Å². The molecule has 0 radical (unpaired) electrons. The van der Waals surface area contributed by atoms with Crippen LogP contribution in [-0.4, -0.2) is 44.5 Å². The highest BCUT2D eigenvalue weighted by atomic mass is 35.5. The fourth-order valence-electron chi connectivity index (χ4n) is 2.54. The van der Waals surface area contributed by atoms with E-state index in [1.54, 1.807) is 0 Å². The van der Waals surface area contributed by atoms with Gasteiger partial charge >= 0.3 is 0 Å².